The van der Waals surface area contributed by atoms with E-state index in [1.54, 1.807) is 6.20 Å². The van der Waals surface area contributed by atoms with E-state index in [1.165, 1.54) is 0 Å². The van der Waals surface area contributed by atoms with Crippen LogP contribution in [0, 0.1) is 0 Å². The lowest BCUT2D eigenvalue weighted by atomic mass is 10.3. The van der Waals surface area contributed by atoms with E-state index in [1.807, 2.05) is 24.4 Å². The van der Waals surface area contributed by atoms with Gasteiger partial charge in [0.25, 0.3) is 0 Å². The van der Waals surface area contributed by atoms with E-state index >= 15 is 0 Å². The number of fused-ring (bicyclic) bond motifs is 1. The van der Waals surface area contributed by atoms with E-state index in [9.17, 15) is 0 Å². The van der Waals surface area contributed by atoms with Crippen LogP contribution in [-0.2, 0) is 0 Å². The molecule has 2 heterocycles. The Morgan fingerprint density at radius 2 is 2.46 bits per heavy atom. The van der Waals surface area contributed by atoms with Crippen molar-refractivity contribution in [3.05, 3.63) is 37.2 Å². The number of hydrogen-bond donors (Lipinski definition) is 2. The van der Waals surface area contributed by atoms with E-state index in [0.717, 1.165) is 23.3 Å². The fraction of sp³-hybridized carbons (Fsp3) is 0.100. The summed E-state index contributed by atoms with van der Waals surface area (Å²) in [6, 6.07) is 3.97. The summed E-state index contributed by atoms with van der Waals surface area (Å²) in [5.74, 6) is 0. The molecule has 0 fully saturated rings. The van der Waals surface area contributed by atoms with Gasteiger partial charge in [-0.05, 0) is 12.1 Å². The molecule has 0 radical (unpaired) electrons. The van der Waals surface area contributed by atoms with Crippen LogP contribution in [0.5, 0.6) is 0 Å². The highest BCUT2D eigenvalue weighted by Crippen LogP contribution is 2.19. The molecule has 0 aliphatic carbocycles. The average molecular weight is 173 g/mol. The molecule has 2 aromatic heterocycles. The summed E-state index contributed by atoms with van der Waals surface area (Å²) in [4.78, 5) is 7.25. The zero-order valence-electron chi connectivity index (χ0n) is 7.25. The first kappa shape index (κ1) is 7.86. The molecule has 66 valence electrons. The molecular formula is C10H11N3. The molecule has 2 rings (SSSR count). The lowest BCUT2D eigenvalue weighted by Crippen LogP contribution is -1.97. The Morgan fingerprint density at radius 1 is 1.54 bits per heavy atom. The van der Waals surface area contributed by atoms with Crippen LogP contribution in [0.15, 0.2) is 37.2 Å². The molecular weight excluding hydrogens is 162 g/mol. The van der Waals surface area contributed by atoms with Crippen LogP contribution < -0.4 is 5.32 Å². The molecule has 0 aromatic carbocycles. The zero-order valence-corrected chi connectivity index (χ0v) is 7.25. The number of rotatable bonds is 3. The quantitative estimate of drug-likeness (QED) is 0.698. The number of aromatic amines is 1. The van der Waals surface area contributed by atoms with Gasteiger partial charge < -0.3 is 10.3 Å². The highest BCUT2D eigenvalue weighted by Gasteiger charge is 1.99. The summed E-state index contributed by atoms with van der Waals surface area (Å²) in [5.41, 5.74) is 2.00. The molecule has 2 N–H and O–H groups in total. The van der Waals surface area contributed by atoms with Crippen LogP contribution >= 0.6 is 0 Å². The smallest absolute Gasteiger partial charge is 0.139 e. The van der Waals surface area contributed by atoms with Crippen molar-refractivity contribution in [2.45, 2.75) is 0 Å². The minimum absolute atomic E-state index is 0.768. The second-order valence-electron chi connectivity index (χ2n) is 2.77. The SMILES string of the molecule is C=CCNc1ccnc2[nH]ccc12. The molecule has 0 saturated carbocycles. The van der Waals surface area contributed by atoms with Gasteiger partial charge in [-0.15, -0.1) is 6.58 Å². The van der Waals surface area contributed by atoms with Gasteiger partial charge in [0.05, 0.1) is 0 Å². The Kier molecular flexibility index (Phi) is 2.00. The standard InChI is InChI=1S/C10H11N3/c1-2-5-11-9-4-7-13-10-8(9)3-6-12-10/h2-4,6-7H,1,5H2,(H2,11,12,13). The third-order valence-electron chi connectivity index (χ3n) is 1.90. The first-order valence-electron chi connectivity index (χ1n) is 4.18. The molecule has 3 nitrogen and oxygen atoms in total. The highest BCUT2D eigenvalue weighted by molar-refractivity contribution is 5.89. The summed E-state index contributed by atoms with van der Waals surface area (Å²) in [7, 11) is 0. The maximum atomic E-state index is 4.19. The molecule has 13 heavy (non-hydrogen) atoms. The lowest BCUT2D eigenvalue weighted by Gasteiger charge is -2.03. The second-order valence-corrected chi connectivity index (χ2v) is 2.77. The van der Waals surface area contributed by atoms with E-state index in [4.69, 9.17) is 0 Å². The summed E-state index contributed by atoms with van der Waals surface area (Å²) in [6.07, 6.45) is 5.50. The van der Waals surface area contributed by atoms with Crippen LogP contribution in [-0.4, -0.2) is 16.5 Å². The van der Waals surface area contributed by atoms with Crippen molar-refractivity contribution in [1.29, 1.82) is 0 Å². The molecule has 0 bridgehead atoms. The molecule has 0 unspecified atom stereocenters. The van der Waals surface area contributed by atoms with Gasteiger partial charge in [-0.3, -0.25) is 0 Å². The van der Waals surface area contributed by atoms with Crippen molar-refractivity contribution in [3.8, 4) is 0 Å². The van der Waals surface area contributed by atoms with Gasteiger partial charge in [0.1, 0.15) is 5.65 Å². The van der Waals surface area contributed by atoms with Gasteiger partial charge in [0, 0.05) is 30.0 Å². The molecule has 3 heteroatoms. The monoisotopic (exact) mass is 173 g/mol. The molecule has 0 amide bonds. The van der Waals surface area contributed by atoms with Gasteiger partial charge in [-0.2, -0.15) is 0 Å². The van der Waals surface area contributed by atoms with E-state index in [0.29, 0.717) is 0 Å². The normalized spacial score (nSPS) is 10.2. The summed E-state index contributed by atoms with van der Waals surface area (Å²) >= 11 is 0. The first-order chi connectivity index (χ1) is 6.42. The van der Waals surface area contributed by atoms with Gasteiger partial charge in [0.15, 0.2) is 0 Å². The predicted molar refractivity (Wildman–Crippen MR) is 54.8 cm³/mol. The van der Waals surface area contributed by atoms with Crippen molar-refractivity contribution in [1.82, 2.24) is 9.97 Å². The summed E-state index contributed by atoms with van der Waals surface area (Å²) < 4.78 is 0. The van der Waals surface area contributed by atoms with Crippen LogP contribution in [0.4, 0.5) is 5.69 Å². The van der Waals surface area contributed by atoms with E-state index in [-0.39, 0.29) is 0 Å². The Hall–Kier alpha value is -1.77. The van der Waals surface area contributed by atoms with Crippen molar-refractivity contribution < 1.29 is 0 Å². The number of anilines is 1. The van der Waals surface area contributed by atoms with E-state index < -0.39 is 0 Å². The largest absolute Gasteiger partial charge is 0.381 e. The Labute approximate surface area is 76.5 Å². The maximum Gasteiger partial charge on any atom is 0.139 e. The average Bonchev–Trinajstić information content (AvgIpc) is 2.62. The van der Waals surface area contributed by atoms with Crippen LogP contribution in [0.1, 0.15) is 0 Å². The molecule has 0 atom stereocenters. The third kappa shape index (κ3) is 1.40. The van der Waals surface area contributed by atoms with Crippen molar-refractivity contribution in [2.75, 3.05) is 11.9 Å². The number of nitrogens with one attached hydrogen (secondary N) is 2. The number of pyridine rings is 1. The van der Waals surface area contributed by atoms with Crippen molar-refractivity contribution >= 4 is 16.7 Å². The molecule has 0 aliphatic heterocycles. The maximum absolute atomic E-state index is 4.19. The number of H-pyrrole nitrogens is 1. The van der Waals surface area contributed by atoms with Crippen molar-refractivity contribution in [2.24, 2.45) is 0 Å². The van der Waals surface area contributed by atoms with Gasteiger partial charge >= 0.3 is 0 Å². The molecule has 0 saturated heterocycles. The number of hydrogen-bond acceptors (Lipinski definition) is 2. The predicted octanol–water partition coefficient (Wildman–Crippen LogP) is 2.16. The third-order valence-corrected chi connectivity index (χ3v) is 1.90. The minimum atomic E-state index is 0.768. The minimum Gasteiger partial charge on any atom is -0.381 e. The van der Waals surface area contributed by atoms with Crippen molar-refractivity contribution in [3.63, 3.8) is 0 Å². The summed E-state index contributed by atoms with van der Waals surface area (Å²) in [6.45, 7) is 4.43. The highest BCUT2D eigenvalue weighted by atomic mass is 14.9. The number of aromatic nitrogens is 2. The van der Waals surface area contributed by atoms with Gasteiger partial charge in [-0.25, -0.2) is 4.98 Å². The topological polar surface area (TPSA) is 40.7 Å². The fourth-order valence-electron chi connectivity index (χ4n) is 1.30. The molecule has 0 aliphatic rings. The molecule has 2 aromatic rings. The number of nitrogens with zero attached hydrogens (tertiary/aromatic N) is 1. The Balaban J connectivity index is 2.42. The van der Waals surface area contributed by atoms with Gasteiger partial charge in [-0.1, -0.05) is 6.08 Å². The Bertz CT molecular complexity index is 417. The van der Waals surface area contributed by atoms with Crippen LogP contribution in [0.25, 0.3) is 11.0 Å². The lowest BCUT2D eigenvalue weighted by molar-refractivity contribution is 1.30. The van der Waals surface area contributed by atoms with E-state index in [2.05, 4.69) is 21.9 Å². The summed E-state index contributed by atoms with van der Waals surface area (Å²) in [5, 5.41) is 4.36. The zero-order chi connectivity index (χ0) is 9.10. The van der Waals surface area contributed by atoms with Crippen LogP contribution in [0.2, 0.25) is 0 Å². The molecule has 0 spiro atoms. The second kappa shape index (κ2) is 3.31. The van der Waals surface area contributed by atoms with Gasteiger partial charge in [0.2, 0.25) is 0 Å². The Morgan fingerprint density at radius 3 is 3.31 bits per heavy atom. The van der Waals surface area contributed by atoms with Crippen LogP contribution in [0.3, 0.4) is 0 Å². The first-order valence-corrected chi connectivity index (χ1v) is 4.18. The fourth-order valence-corrected chi connectivity index (χ4v) is 1.30.